The van der Waals surface area contributed by atoms with Gasteiger partial charge in [-0.25, -0.2) is 17.9 Å². The van der Waals surface area contributed by atoms with Gasteiger partial charge in [0.05, 0.1) is 18.1 Å². The van der Waals surface area contributed by atoms with Crippen LogP contribution in [0.3, 0.4) is 0 Å². The van der Waals surface area contributed by atoms with Crippen LogP contribution in [0.1, 0.15) is 13.8 Å². The second-order valence-electron chi connectivity index (χ2n) is 4.54. The van der Waals surface area contributed by atoms with Gasteiger partial charge in [-0.1, -0.05) is 0 Å². The molecule has 0 unspecified atom stereocenters. The van der Waals surface area contributed by atoms with Crippen molar-refractivity contribution in [2.24, 2.45) is 0 Å². The van der Waals surface area contributed by atoms with Gasteiger partial charge in [0.1, 0.15) is 5.75 Å². The van der Waals surface area contributed by atoms with Crippen molar-refractivity contribution in [2.75, 3.05) is 26.9 Å². The normalized spacial score (nSPS) is 12.7. The molecule has 0 amide bonds. The molecular formula is C14H21NO6S. The van der Waals surface area contributed by atoms with Crippen molar-refractivity contribution in [3.05, 3.63) is 24.3 Å². The monoisotopic (exact) mass is 331 g/mol. The number of rotatable bonds is 9. The van der Waals surface area contributed by atoms with Gasteiger partial charge in [-0.3, -0.25) is 0 Å². The van der Waals surface area contributed by atoms with Crippen LogP contribution in [0.25, 0.3) is 0 Å². The van der Waals surface area contributed by atoms with Gasteiger partial charge in [-0.05, 0) is 38.1 Å². The van der Waals surface area contributed by atoms with E-state index in [0.29, 0.717) is 5.75 Å². The van der Waals surface area contributed by atoms with Crippen molar-refractivity contribution in [1.29, 1.82) is 0 Å². The molecule has 7 nitrogen and oxygen atoms in total. The zero-order valence-corrected chi connectivity index (χ0v) is 13.7. The Morgan fingerprint density at radius 2 is 1.91 bits per heavy atom. The molecule has 22 heavy (non-hydrogen) atoms. The molecule has 1 rings (SSSR count). The summed E-state index contributed by atoms with van der Waals surface area (Å²) in [5, 5.41) is 0. The van der Waals surface area contributed by atoms with Crippen LogP contribution in [0.5, 0.6) is 5.75 Å². The van der Waals surface area contributed by atoms with Crippen molar-refractivity contribution in [3.63, 3.8) is 0 Å². The van der Waals surface area contributed by atoms with Gasteiger partial charge in [-0.2, -0.15) is 0 Å². The highest BCUT2D eigenvalue weighted by atomic mass is 32.2. The van der Waals surface area contributed by atoms with E-state index in [1.165, 1.54) is 31.4 Å². The lowest BCUT2D eigenvalue weighted by atomic mass is 10.3. The van der Waals surface area contributed by atoms with E-state index in [-0.39, 0.29) is 30.8 Å². The molecule has 0 saturated heterocycles. The van der Waals surface area contributed by atoms with Gasteiger partial charge in [0.15, 0.2) is 6.61 Å². The van der Waals surface area contributed by atoms with Gasteiger partial charge in [-0.15, -0.1) is 0 Å². The highest BCUT2D eigenvalue weighted by Gasteiger charge is 2.17. The summed E-state index contributed by atoms with van der Waals surface area (Å²) < 4.78 is 41.5. The minimum absolute atomic E-state index is 0.110. The van der Waals surface area contributed by atoms with E-state index < -0.39 is 16.0 Å². The van der Waals surface area contributed by atoms with Crippen molar-refractivity contribution in [1.82, 2.24) is 4.72 Å². The maximum Gasteiger partial charge on any atom is 0.344 e. The first-order valence-corrected chi connectivity index (χ1v) is 8.27. The molecule has 1 N–H and O–H groups in total. The fourth-order valence-corrected chi connectivity index (χ4v) is 2.91. The molecule has 0 heterocycles. The SMILES string of the molecule is CCOC(=O)COc1ccc(S(=O)(=O)N[C@@H](C)COC)cc1. The second-order valence-corrected chi connectivity index (χ2v) is 6.26. The zero-order valence-electron chi connectivity index (χ0n) is 12.9. The molecule has 0 aliphatic carbocycles. The van der Waals surface area contributed by atoms with Crippen LogP contribution in [0, 0.1) is 0 Å². The van der Waals surface area contributed by atoms with Gasteiger partial charge in [0.25, 0.3) is 0 Å². The minimum Gasteiger partial charge on any atom is -0.482 e. The Kier molecular flexibility index (Phi) is 7.30. The predicted octanol–water partition coefficient (Wildman–Crippen LogP) is 0.942. The van der Waals surface area contributed by atoms with E-state index in [2.05, 4.69) is 4.72 Å². The lowest BCUT2D eigenvalue weighted by Crippen LogP contribution is -2.35. The Morgan fingerprint density at radius 3 is 2.45 bits per heavy atom. The summed E-state index contributed by atoms with van der Waals surface area (Å²) in [6.45, 7) is 3.75. The van der Waals surface area contributed by atoms with Gasteiger partial charge >= 0.3 is 5.97 Å². The number of carbonyl (C=O) groups is 1. The topological polar surface area (TPSA) is 90.9 Å². The number of methoxy groups -OCH3 is 1. The van der Waals surface area contributed by atoms with Crippen molar-refractivity contribution in [3.8, 4) is 5.75 Å². The average molecular weight is 331 g/mol. The predicted molar refractivity (Wildman–Crippen MR) is 80.2 cm³/mol. The lowest BCUT2D eigenvalue weighted by molar-refractivity contribution is -0.145. The smallest absolute Gasteiger partial charge is 0.344 e. The van der Waals surface area contributed by atoms with E-state index >= 15 is 0 Å². The van der Waals surface area contributed by atoms with Crippen LogP contribution >= 0.6 is 0 Å². The molecule has 0 radical (unpaired) electrons. The van der Waals surface area contributed by atoms with Crippen LogP contribution in [0.15, 0.2) is 29.2 Å². The summed E-state index contributed by atoms with van der Waals surface area (Å²) in [4.78, 5) is 11.3. The summed E-state index contributed by atoms with van der Waals surface area (Å²) in [5.41, 5.74) is 0. The summed E-state index contributed by atoms with van der Waals surface area (Å²) >= 11 is 0. The molecule has 0 spiro atoms. The van der Waals surface area contributed by atoms with E-state index in [9.17, 15) is 13.2 Å². The maximum atomic E-state index is 12.1. The van der Waals surface area contributed by atoms with Crippen molar-refractivity contribution in [2.45, 2.75) is 24.8 Å². The number of esters is 1. The van der Waals surface area contributed by atoms with Gasteiger partial charge < -0.3 is 14.2 Å². The Hall–Kier alpha value is -1.64. The fraction of sp³-hybridized carbons (Fsp3) is 0.500. The summed E-state index contributed by atoms with van der Waals surface area (Å²) in [6.07, 6.45) is 0. The fourth-order valence-electron chi connectivity index (χ4n) is 1.68. The molecule has 0 aliphatic heterocycles. The highest BCUT2D eigenvalue weighted by molar-refractivity contribution is 7.89. The van der Waals surface area contributed by atoms with Crippen molar-refractivity contribution < 1.29 is 27.4 Å². The third kappa shape index (κ3) is 6.00. The molecule has 8 heteroatoms. The average Bonchev–Trinajstić information content (AvgIpc) is 2.45. The third-order valence-electron chi connectivity index (χ3n) is 2.57. The molecule has 1 aromatic rings. The number of nitrogens with one attached hydrogen (secondary N) is 1. The van der Waals surface area contributed by atoms with E-state index in [0.717, 1.165) is 0 Å². The van der Waals surface area contributed by atoms with Crippen LogP contribution in [0.4, 0.5) is 0 Å². The van der Waals surface area contributed by atoms with Gasteiger partial charge in [0.2, 0.25) is 10.0 Å². The molecule has 1 aromatic carbocycles. The summed E-state index contributed by atoms with van der Waals surface area (Å²) in [7, 11) is -2.12. The minimum atomic E-state index is -3.62. The van der Waals surface area contributed by atoms with E-state index in [1.54, 1.807) is 13.8 Å². The molecular weight excluding hydrogens is 310 g/mol. The quantitative estimate of drug-likeness (QED) is 0.677. The second kappa shape index (κ2) is 8.72. The van der Waals surface area contributed by atoms with Crippen LogP contribution in [-0.2, 0) is 24.3 Å². The molecule has 0 saturated carbocycles. The first-order valence-electron chi connectivity index (χ1n) is 6.78. The standard InChI is InChI=1S/C14H21NO6S/c1-4-20-14(16)10-21-12-5-7-13(8-6-12)22(17,18)15-11(2)9-19-3/h5-8,11,15H,4,9-10H2,1-3H3/t11-/m0/s1. The van der Waals surface area contributed by atoms with Gasteiger partial charge in [0, 0.05) is 13.2 Å². The number of carbonyl (C=O) groups excluding carboxylic acids is 1. The maximum absolute atomic E-state index is 12.1. The molecule has 0 fully saturated rings. The van der Waals surface area contributed by atoms with Crippen LogP contribution in [-0.4, -0.2) is 47.4 Å². The molecule has 1 atom stereocenters. The Balaban J connectivity index is 2.65. The molecule has 0 aromatic heterocycles. The third-order valence-corrected chi connectivity index (χ3v) is 4.17. The first-order chi connectivity index (χ1) is 10.4. The number of ether oxygens (including phenoxy) is 3. The highest BCUT2D eigenvalue weighted by Crippen LogP contribution is 2.16. The number of hydrogen-bond donors (Lipinski definition) is 1. The first kappa shape index (κ1) is 18.4. The number of hydrogen-bond acceptors (Lipinski definition) is 6. The summed E-state index contributed by atoms with van der Waals surface area (Å²) in [5.74, 6) is -0.0915. The van der Waals surface area contributed by atoms with E-state index in [1.807, 2.05) is 0 Å². The Bertz CT molecular complexity index is 570. The number of sulfonamides is 1. The molecule has 124 valence electrons. The van der Waals surface area contributed by atoms with Crippen LogP contribution in [0.2, 0.25) is 0 Å². The van der Waals surface area contributed by atoms with Crippen LogP contribution < -0.4 is 9.46 Å². The summed E-state index contributed by atoms with van der Waals surface area (Å²) in [6, 6.07) is 5.43. The van der Waals surface area contributed by atoms with Crippen molar-refractivity contribution >= 4 is 16.0 Å². The Morgan fingerprint density at radius 1 is 1.27 bits per heavy atom. The molecule has 0 bridgehead atoms. The Labute approximate surface area is 130 Å². The zero-order chi connectivity index (χ0) is 16.6. The largest absolute Gasteiger partial charge is 0.482 e. The molecule has 0 aliphatic rings. The number of benzene rings is 1. The van der Waals surface area contributed by atoms with E-state index in [4.69, 9.17) is 14.2 Å². The lowest BCUT2D eigenvalue weighted by Gasteiger charge is -2.13.